The molecule has 23 nitrogen and oxygen atoms in total. The van der Waals surface area contributed by atoms with Crippen molar-refractivity contribution in [3.63, 3.8) is 0 Å². The van der Waals surface area contributed by atoms with E-state index in [0.29, 0.717) is 143 Å². The number of aryl methyl sites for hydroxylation is 1. The Kier molecular flexibility index (Phi) is 50.3. The SMILES string of the molecule is CNC(=O)Cc1ccc(CCC(=O)C(N)CC(C)C)cc1.CNC(=O)Cc1ccc(COC(=O)C(CC(=O)CCC(=O)NCCCOCCOCCOCCCN)CC(C)C)cc1.NCCCOCCOCCOCCCN.O=C1CCC(=O)O1. The number of ether oxygens (including phenoxy) is 8. The van der Waals surface area contributed by atoms with Crippen molar-refractivity contribution in [1.82, 2.24) is 16.0 Å². The second kappa shape index (κ2) is 53.8. The highest BCUT2D eigenvalue weighted by atomic mass is 16.6. The molecule has 2 unspecified atom stereocenters. The molecule has 484 valence electrons. The van der Waals surface area contributed by atoms with Gasteiger partial charge in [-0.05, 0) is 98.7 Å². The third-order valence-electron chi connectivity index (χ3n) is 12.2. The van der Waals surface area contributed by atoms with Crippen LogP contribution in [0, 0.1) is 17.8 Å². The molecule has 3 amide bonds. The lowest BCUT2D eigenvalue weighted by atomic mass is 9.91. The van der Waals surface area contributed by atoms with Gasteiger partial charge < -0.3 is 76.8 Å². The largest absolute Gasteiger partial charge is 0.461 e. The van der Waals surface area contributed by atoms with Crippen LogP contribution in [0.15, 0.2) is 48.5 Å². The number of Topliss-reactive ketones (excluding diaryl/α,β-unsaturated/α-hetero) is 2. The van der Waals surface area contributed by atoms with Gasteiger partial charge in [0.2, 0.25) is 17.7 Å². The summed E-state index contributed by atoms with van der Waals surface area (Å²) in [5.74, 6) is -1.43. The predicted octanol–water partition coefficient (Wildman–Crippen LogP) is 3.76. The van der Waals surface area contributed by atoms with E-state index in [2.05, 4.69) is 34.5 Å². The number of nitrogens with two attached hydrogens (primary N) is 4. The number of rotatable bonds is 45. The van der Waals surface area contributed by atoms with Gasteiger partial charge in [0, 0.05) is 72.8 Å². The number of hydrogen-bond acceptors (Lipinski definition) is 20. The molecule has 1 fully saturated rings. The summed E-state index contributed by atoms with van der Waals surface area (Å²) in [6.07, 6.45) is 7.13. The molecule has 0 saturated carbocycles. The van der Waals surface area contributed by atoms with Gasteiger partial charge >= 0.3 is 17.9 Å². The number of cyclic esters (lactones) is 2. The molecule has 3 rings (SSSR count). The number of ketones is 2. The number of carbonyl (C=O) groups excluding carboxylic acids is 8. The number of hydrogen-bond donors (Lipinski definition) is 7. The van der Waals surface area contributed by atoms with Crippen molar-refractivity contribution in [3.05, 3.63) is 70.8 Å². The van der Waals surface area contributed by atoms with Crippen molar-refractivity contribution in [2.24, 2.45) is 40.7 Å². The van der Waals surface area contributed by atoms with E-state index in [1.807, 2.05) is 62.4 Å². The minimum Gasteiger partial charge on any atom is -0.461 e. The van der Waals surface area contributed by atoms with E-state index in [1.165, 1.54) is 0 Å². The average molecular weight is 1200 g/mol. The first kappa shape index (κ1) is 79.4. The molecule has 11 N–H and O–H groups in total. The van der Waals surface area contributed by atoms with Crippen LogP contribution in [0.25, 0.3) is 0 Å². The van der Waals surface area contributed by atoms with Crippen LogP contribution in [0.5, 0.6) is 0 Å². The molecule has 0 bridgehead atoms. The lowest BCUT2D eigenvalue weighted by Gasteiger charge is -2.17. The number of esters is 3. The Hall–Kier alpha value is -5.60. The van der Waals surface area contributed by atoms with Gasteiger partial charge in [0.1, 0.15) is 18.2 Å². The van der Waals surface area contributed by atoms with Crippen LogP contribution >= 0.6 is 0 Å². The van der Waals surface area contributed by atoms with Crippen molar-refractivity contribution in [2.75, 3.05) is 120 Å². The second-order valence-corrected chi connectivity index (χ2v) is 20.9. The Morgan fingerprint density at radius 2 is 0.918 bits per heavy atom. The zero-order valence-electron chi connectivity index (χ0n) is 51.9. The fourth-order valence-electron chi connectivity index (χ4n) is 7.51. The van der Waals surface area contributed by atoms with Gasteiger partial charge in [0.25, 0.3) is 0 Å². The third-order valence-corrected chi connectivity index (χ3v) is 12.2. The van der Waals surface area contributed by atoms with E-state index < -0.39 is 23.8 Å². The van der Waals surface area contributed by atoms with Crippen molar-refractivity contribution in [1.29, 1.82) is 0 Å². The van der Waals surface area contributed by atoms with Crippen LogP contribution in [0.2, 0.25) is 0 Å². The van der Waals surface area contributed by atoms with E-state index in [-0.39, 0.29) is 86.4 Å². The summed E-state index contributed by atoms with van der Waals surface area (Å²) in [7, 11) is 3.22. The van der Waals surface area contributed by atoms with Crippen molar-refractivity contribution in [2.45, 2.75) is 137 Å². The molecule has 2 aromatic rings. The number of carbonyl (C=O) groups is 8. The molecule has 1 aliphatic rings. The van der Waals surface area contributed by atoms with Gasteiger partial charge in [0.05, 0.1) is 90.5 Å². The number of benzene rings is 2. The van der Waals surface area contributed by atoms with Crippen LogP contribution in [0.3, 0.4) is 0 Å². The zero-order chi connectivity index (χ0) is 63.3. The highest BCUT2D eigenvalue weighted by Gasteiger charge is 2.25. The minimum atomic E-state index is -0.558. The van der Waals surface area contributed by atoms with Gasteiger partial charge in [-0.3, -0.25) is 38.4 Å². The smallest absolute Gasteiger partial charge is 0.314 e. The molecule has 85 heavy (non-hydrogen) atoms. The van der Waals surface area contributed by atoms with E-state index in [0.717, 1.165) is 47.9 Å². The Bertz CT molecular complexity index is 2070. The highest BCUT2D eigenvalue weighted by Crippen LogP contribution is 2.20. The summed E-state index contributed by atoms with van der Waals surface area (Å²) in [6.45, 7) is 17.7. The van der Waals surface area contributed by atoms with Crippen molar-refractivity contribution >= 4 is 47.2 Å². The maximum absolute atomic E-state index is 12.8. The van der Waals surface area contributed by atoms with E-state index >= 15 is 0 Å². The predicted molar refractivity (Wildman–Crippen MR) is 325 cm³/mol. The van der Waals surface area contributed by atoms with E-state index in [4.69, 9.17) is 56.1 Å². The summed E-state index contributed by atoms with van der Waals surface area (Å²) < 4.78 is 41.6. The summed E-state index contributed by atoms with van der Waals surface area (Å²) >= 11 is 0. The molecular weight excluding hydrogens is 1100 g/mol. The average Bonchev–Trinajstić information content (AvgIpc) is 3.89. The van der Waals surface area contributed by atoms with Crippen LogP contribution in [0.1, 0.15) is 127 Å². The molecular formula is C62H105N7O16. The van der Waals surface area contributed by atoms with Crippen LogP contribution in [0.4, 0.5) is 0 Å². The fraction of sp³-hybridized carbons (Fsp3) is 0.677. The molecule has 0 spiro atoms. The van der Waals surface area contributed by atoms with Crippen LogP contribution < -0.4 is 38.9 Å². The number of likely N-dealkylation sites (N-methyl/N-ethyl adjacent to an activating group) is 2. The minimum absolute atomic E-state index is 0.00223. The maximum atomic E-state index is 12.8. The van der Waals surface area contributed by atoms with Gasteiger partial charge in [0.15, 0.2) is 0 Å². The Morgan fingerprint density at radius 3 is 1.31 bits per heavy atom. The molecule has 1 aliphatic heterocycles. The summed E-state index contributed by atoms with van der Waals surface area (Å²) in [4.78, 5) is 92.3. The molecule has 1 heterocycles. The van der Waals surface area contributed by atoms with Crippen molar-refractivity contribution in [3.8, 4) is 0 Å². The molecule has 2 atom stereocenters. The zero-order valence-corrected chi connectivity index (χ0v) is 51.9. The van der Waals surface area contributed by atoms with E-state index in [1.54, 1.807) is 14.1 Å². The maximum Gasteiger partial charge on any atom is 0.314 e. The van der Waals surface area contributed by atoms with Gasteiger partial charge in [-0.2, -0.15) is 0 Å². The lowest BCUT2D eigenvalue weighted by molar-refractivity contribution is -0.153. The second-order valence-electron chi connectivity index (χ2n) is 20.9. The van der Waals surface area contributed by atoms with Gasteiger partial charge in [-0.1, -0.05) is 76.2 Å². The van der Waals surface area contributed by atoms with Crippen molar-refractivity contribution < 1.29 is 76.3 Å². The first-order valence-corrected chi connectivity index (χ1v) is 30.0. The molecule has 0 aliphatic carbocycles. The summed E-state index contributed by atoms with van der Waals surface area (Å²) in [5.41, 5.74) is 25.6. The van der Waals surface area contributed by atoms with Crippen LogP contribution in [-0.2, 0) is 102 Å². The normalized spacial score (nSPS) is 12.4. The topological polar surface area (TPSA) is 351 Å². The highest BCUT2D eigenvalue weighted by molar-refractivity contribution is 5.92. The van der Waals surface area contributed by atoms with Gasteiger partial charge in [-0.25, -0.2) is 0 Å². The quantitative estimate of drug-likeness (QED) is 0.0282. The summed E-state index contributed by atoms with van der Waals surface area (Å²) in [6, 6.07) is 14.7. The standard InChI is InChI=1S/C31H51N3O8.C17H26N2O2.C10H24N2O3.C4H4O3/c1-24(2)20-27(31(38)42-23-26-8-6-25(7-9-26)21-30(37)33-3)22-28(35)10-11-29(36)34-13-5-15-40-17-19-41-18-16-39-14-4-12-32;1-12(2)10-15(18)16(20)9-8-13-4-6-14(7-5-13)11-17(21)19-3;11-3-1-5-13-7-9-15-10-8-14-6-2-4-12;5-3-1-2-4(6)7-3/h6-9,24,27H,4-5,10-23,32H2,1-3H3,(H,33,37)(H,34,36);4-7,12,15H,8-11,18H2,1-3H3,(H,19,21);1-12H2;1-2H2. The number of nitrogens with one attached hydrogen (secondary N) is 3. The Morgan fingerprint density at radius 1 is 0.518 bits per heavy atom. The molecule has 23 heteroatoms. The molecule has 2 aromatic carbocycles. The lowest BCUT2D eigenvalue weighted by Crippen LogP contribution is -2.32. The Balaban J connectivity index is 0.00000134. The number of amides is 3. The first-order valence-electron chi connectivity index (χ1n) is 30.0. The molecule has 0 radical (unpaired) electrons. The summed E-state index contributed by atoms with van der Waals surface area (Å²) in [5, 5.41) is 7.98. The van der Waals surface area contributed by atoms with Gasteiger partial charge in [-0.15, -0.1) is 0 Å². The van der Waals surface area contributed by atoms with Crippen LogP contribution in [-0.4, -0.2) is 173 Å². The van der Waals surface area contributed by atoms with E-state index in [9.17, 15) is 38.4 Å². The monoisotopic (exact) mass is 1200 g/mol. The molecule has 0 aromatic heterocycles. The fourth-order valence-corrected chi connectivity index (χ4v) is 7.51. The third kappa shape index (κ3) is 48.2. The Labute approximate surface area is 505 Å². The molecule has 1 saturated heterocycles. The first-order chi connectivity index (χ1) is 40.9.